The van der Waals surface area contributed by atoms with Crippen LogP contribution >= 0.6 is 0 Å². The van der Waals surface area contributed by atoms with Crippen molar-refractivity contribution >= 4 is 5.91 Å². The lowest BCUT2D eigenvalue weighted by molar-refractivity contribution is 0.0473. The summed E-state index contributed by atoms with van der Waals surface area (Å²) < 4.78 is 6.15. The number of aromatic nitrogens is 1. The van der Waals surface area contributed by atoms with E-state index in [1.54, 1.807) is 0 Å². The van der Waals surface area contributed by atoms with Gasteiger partial charge in [0.15, 0.2) is 0 Å². The Morgan fingerprint density at radius 3 is 2.52 bits per heavy atom. The Morgan fingerprint density at radius 1 is 1.12 bits per heavy atom. The van der Waals surface area contributed by atoms with Crippen molar-refractivity contribution in [2.24, 2.45) is 0 Å². The van der Waals surface area contributed by atoms with E-state index in [9.17, 15) is 4.79 Å². The zero-order valence-electron chi connectivity index (χ0n) is 15.4. The Balaban J connectivity index is 1.37. The summed E-state index contributed by atoms with van der Waals surface area (Å²) in [4.78, 5) is 21.7. The van der Waals surface area contributed by atoms with Gasteiger partial charge in [-0.05, 0) is 45.6 Å². The molecule has 0 spiro atoms. The van der Waals surface area contributed by atoms with Crippen molar-refractivity contribution in [2.75, 3.05) is 19.6 Å². The van der Waals surface area contributed by atoms with Crippen LogP contribution in [-0.2, 0) is 6.42 Å². The van der Waals surface area contributed by atoms with Crippen molar-refractivity contribution in [3.63, 3.8) is 0 Å². The summed E-state index contributed by atoms with van der Waals surface area (Å²) in [7, 11) is 0. The van der Waals surface area contributed by atoms with Crippen molar-refractivity contribution in [2.45, 2.75) is 70.6 Å². The van der Waals surface area contributed by atoms with Crippen molar-refractivity contribution in [3.05, 3.63) is 23.4 Å². The van der Waals surface area contributed by atoms with Gasteiger partial charge in [-0.3, -0.25) is 4.79 Å². The van der Waals surface area contributed by atoms with E-state index in [0.29, 0.717) is 5.88 Å². The lowest BCUT2D eigenvalue weighted by atomic mass is 9.90. The van der Waals surface area contributed by atoms with E-state index in [1.807, 2.05) is 17.0 Å². The van der Waals surface area contributed by atoms with E-state index in [0.717, 1.165) is 56.2 Å². The second kappa shape index (κ2) is 6.94. The van der Waals surface area contributed by atoms with Crippen LogP contribution in [0.3, 0.4) is 0 Å². The highest BCUT2D eigenvalue weighted by Gasteiger charge is 2.30. The minimum Gasteiger partial charge on any atom is -0.474 e. The number of rotatable bonds is 4. The standard InChI is InChI=1S/C20H29N3O2/c1-14(2)23-13-10-18-17(20(23)24)6-7-19(21-18)25-16-8-11-22(12-9-16)15-4-3-5-15/h6-7,14-16H,3-5,8-13H2,1-2H3. The molecule has 3 heterocycles. The van der Waals surface area contributed by atoms with Crippen LogP contribution in [-0.4, -0.2) is 58.5 Å². The molecule has 0 bridgehead atoms. The zero-order chi connectivity index (χ0) is 17.4. The Labute approximate surface area is 150 Å². The molecule has 25 heavy (non-hydrogen) atoms. The van der Waals surface area contributed by atoms with Crippen LogP contribution < -0.4 is 4.74 Å². The fraction of sp³-hybridized carbons (Fsp3) is 0.700. The van der Waals surface area contributed by atoms with Crippen molar-refractivity contribution in [1.29, 1.82) is 0 Å². The number of fused-ring (bicyclic) bond motifs is 1. The molecule has 1 saturated carbocycles. The first-order valence-electron chi connectivity index (χ1n) is 9.83. The van der Waals surface area contributed by atoms with Gasteiger partial charge in [0.05, 0.1) is 11.3 Å². The van der Waals surface area contributed by atoms with Gasteiger partial charge in [0.1, 0.15) is 6.10 Å². The first-order chi connectivity index (χ1) is 12.1. The van der Waals surface area contributed by atoms with Crippen LogP contribution in [0.15, 0.2) is 12.1 Å². The van der Waals surface area contributed by atoms with Gasteiger partial charge < -0.3 is 14.5 Å². The normalized spacial score (nSPS) is 22.8. The monoisotopic (exact) mass is 343 g/mol. The summed E-state index contributed by atoms with van der Waals surface area (Å²) in [6.45, 7) is 7.15. The first-order valence-corrected chi connectivity index (χ1v) is 9.83. The second-order valence-electron chi connectivity index (χ2n) is 7.92. The Bertz CT molecular complexity index is 634. The highest BCUT2D eigenvalue weighted by atomic mass is 16.5. The molecule has 1 saturated heterocycles. The fourth-order valence-electron chi connectivity index (χ4n) is 4.19. The van der Waals surface area contributed by atoms with Crippen LogP contribution in [0.4, 0.5) is 0 Å². The molecule has 5 heteroatoms. The number of piperidine rings is 1. The number of ether oxygens (including phenoxy) is 1. The first kappa shape index (κ1) is 16.8. The van der Waals surface area contributed by atoms with Gasteiger partial charge in [-0.2, -0.15) is 0 Å². The summed E-state index contributed by atoms with van der Waals surface area (Å²) in [5, 5.41) is 0. The molecule has 0 aromatic carbocycles. The van der Waals surface area contributed by atoms with E-state index in [2.05, 4.69) is 23.7 Å². The highest BCUT2D eigenvalue weighted by molar-refractivity contribution is 5.96. The molecule has 0 radical (unpaired) electrons. The van der Waals surface area contributed by atoms with Crippen molar-refractivity contribution in [1.82, 2.24) is 14.8 Å². The fourth-order valence-corrected chi connectivity index (χ4v) is 4.19. The summed E-state index contributed by atoms with van der Waals surface area (Å²) in [6.07, 6.45) is 7.38. The highest BCUT2D eigenvalue weighted by Crippen LogP contribution is 2.29. The molecule has 1 aromatic heterocycles. The predicted octanol–water partition coefficient (Wildman–Crippen LogP) is 2.88. The number of carbonyl (C=O) groups excluding carboxylic acids is 1. The van der Waals surface area contributed by atoms with Gasteiger partial charge in [-0.25, -0.2) is 4.98 Å². The molecule has 4 rings (SSSR count). The largest absolute Gasteiger partial charge is 0.474 e. The lowest BCUT2D eigenvalue weighted by Gasteiger charge is -2.41. The molecule has 0 atom stereocenters. The van der Waals surface area contributed by atoms with Gasteiger partial charge in [0, 0.05) is 44.2 Å². The Morgan fingerprint density at radius 2 is 1.88 bits per heavy atom. The zero-order valence-corrected chi connectivity index (χ0v) is 15.4. The molecule has 2 aliphatic heterocycles. The number of likely N-dealkylation sites (tertiary alicyclic amines) is 1. The van der Waals surface area contributed by atoms with Crippen LogP contribution in [0, 0.1) is 0 Å². The minimum atomic E-state index is 0.101. The van der Waals surface area contributed by atoms with E-state index >= 15 is 0 Å². The number of carbonyl (C=O) groups is 1. The molecule has 0 unspecified atom stereocenters. The molecule has 3 aliphatic rings. The third-order valence-electron chi connectivity index (χ3n) is 6.01. The smallest absolute Gasteiger partial charge is 0.255 e. The van der Waals surface area contributed by atoms with Crippen LogP contribution in [0.1, 0.15) is 62.0 Å². The molecule has 136 valence electrons. The summed E-state index contributed by atoms with van der Waals surface area (Å²) >= 11 is 0. The molecular formula is C20H29N3O2. The average molecular weight is 343 g/mol. The SMILES string of the molecule is CC(C)N1CCc2nc(OC3CCN(C4CCC4)CC3)ccc2C1=O. The van der Waals surface area contributed by atoms with Gasteiger partial charge in [0.2, 0.25) is 5.88 Å². The summed E-state index contributed by atoms with van der Waals surface area (Å²) in [5.41, 5.74) is 1.64. The average Bonchev–Trinajstić information content (AvgIpc) is 2.55. The van der Waals surface area contributed by atoms with Gasteiger partial charge in [0.25, 0.3) is 5.91 Å². The lowest BCUT2D eigenvalue weighted by Crippen LogP contribution is -2.46. The predicted molar refractivity (Wildman–Crippen MR) is 97.0 cm³/mol. The number of nitrogens with zero attached hydrogens (tertiary/aromatic N) is 3. The van der Waals surface area contributed by atoms with Crippen LogP contribution in [0.25, 0.3) is 0 Å². The summed E-state index contributed by atoms with van der Waals surface area (Å²) in [6, 6.07) is 4.84. The van der Waals surface area contributed by atoms with E-state index in [1.165, 1.54) is 19.3 Å². The van der Waals surface area contributed by atoms with Crippen LogP contribution in [0.5, 0.6) is 5.88 Å². The Kier molecular flexibility index (Phi) is 4.67. The molecule has 1 amide bonds. The minimum absolute atomic E-state index is 0.101. The number of pyridine rings is 1. The van der Waals surface area contributed by atoms with Gasteiger partial charge >= 0.3 is 0 Å². The molecule has 0 N–H and O–H groups in total. The quantitative estimate of drug-likeness (QED) is 0.843. The van der Waals surface area contributed by atoms with E-state index in [-0.39, 0.29) is 18.1 Å². The van der Waals surface area contributed by atoms with Crippen molar-refractivity contribution < 1.29 is 9.53 Å². The number of hydrogen-bond acceptors (Lipinski definition) is 4. The molecular weight excluding hydrogens is 314 g/mol. The van der Waals surface area contributed by atoms with E-state index < -0.39 is 0 Å². The third-order valence-corrected chi connectivity index (χ3v) is 6.01. The van der Waals surface area contributed by atoms with Gasteiger partial charge in [-0.15, -0.1) is 0 Å². The number of hydrogen-bond donors (Lipinski definition) is 0. The maximum atomic E-state index is 12.5. The van der Waals surface area contributed by atoms with Gasteiger partial charge in [-0.1, -0.05) is 6.42 Å². The molecule has 2 fully saturated rings. The molecule has 1 aliphatic carbocycles. The Hall–Kier alpha value is -1.62. The maximum Gasteiger partial charge on any atom is 0.255 e. The molecule has 5 nitrogen and oxygen atoms in total. The van der Waals surface area contributed by atoms with Crippen molar-refractivity contribution in [3.8, 4) is 5.88 Å². The molecule has 1 aromatic rings. The van der Waals surface area contributed by atoms with Crippen LogP contribution in [0.2, 0.25) is 0 Å². The third kappa shape index (κ3) is 3.39. The number of amides is 1. The summed E-state index contributed by atoms with van der Waals surface area (Å²) in [5.74, 6) is 0.788. The second-order valence-corrected chi connectivity index (χ2v) is 7.92. The maximum absolute atomic E-state index is 12.5. The topological polar surface area (TPSA) is 45.7 Å². The van der Waals surface area contributed by atoms with E-state index in [4.69, 9.17) is 4.74 Å².